The summed E-state index contributed by atoms with van der Waals surface area (Å²) in [6.07, 6.45) is 2.69. The smallest absolute Gasteiger partial charge is 0.329 e. The van der Waals surface area contributed by atoms with E-state index in [9.17, 15) is 14.7 Å². The molecule has 0 aromatic rings. The van der Waals surface area contributed by atoms with E-state index in [1.165, 1.54) is 12.0 Å². The second-order valence-corrected chi connectivity index (χ2v) is 4.91. The number of hydrogen-bond donors (Lipinski definition) is 2. The zero-order valence-electron chi connectivity index (χ0n) is 11.7. The number of rotatable bonds is 7. The summed E-state index contributed by atoms with van der Waals surface area (Å²) in [5, 5.41) is 20.6. The van der Waals surface area contributed by atoms with Crippen LogP contribution < -0.4 is 5.32 Å². The highest BCUT2D eigenvalue weighted by molar-refractivity contribution is 5.86. The Bertz CT molecular complexity index is 386. The highest BCUT2D eigenvalue weighted by atomic mass is 16.5. The van der Waals surface area contributed by atoms with Gasteiger partial charge in [0, 0.05) is 20.2 Å². The van der Waals surface area contributed by atoms with Gasteiger partial charge < -0.3 is 20.1 Å². The van der Waals surface area contributed by atoms with Crippen LogP contribution in [0, 0.1) is 11.3 Å². The van der Waals surface area contributed by atoms with Crippen LogP contribution in [-0.4, -0.2) is 54.4 Å². The van der Waals surface area contributed by atoms with Crippen LogP contribution in [0.25, 0.3) is 0 Å². The first kappa shape index (κ1) is 16.2. The van der Waals surface area contributed by atoms with E-state index in [1.807, 2.05) is 6.07 Å². The largest absolute Gasteiger partial charge is 0.480 e. The lowest BCUT2D eigenvalue weighted by Crippen LogP contribution is -2.56. The number of nitrogens with zero attached hydrogens (tertiary/aromatic N) is 2. The summed E-state index contributed by atoms with van der Waals surface area (Å²) in [4.78, 5) is 25.0. The molecule has 7 nitrogen and oxygen atoms in total. The fraction of sp³-hybridized carbons (Fsp3) is 0.769. The second-order valence-electron chi connectivity index (χ2n) is 4.91. The molecular weight excluding hydrogens is 262 g/mol. The molecule has 2 amide bonds. The summed E-state index contributed by atoms with van der Waals surface area (Å²) in [5.41, 5.74) is -1.16. The van der Waals surface area contributed by atoms with Crippen molar-refractivity contribution in [3.8, 4) is 6.07 Å². The summed E-state index contributed by atoms with van der Waals surface area (Å²) in [7, 11) is 1.52. The number of methoxy groups -OCH3 is 1. The van der Waals surface area contributed by atoms with Crippen molar-refractivity contribution < 1.29 is 19.4 Å². The van der Waals surface area contributed by atoms with Crippen molar-refractivity contribution in [1.29, 1.82) is 5.26 Å². The number of carboxylic acids is 1. The minimum Gasteiger partial charge on any atom is -0.480 e. The van der Waals surface area contributed by atoms with E-state index in [4.69, 9.17) is 10.00 Å². The van der Waals surface area contributed by atoms with Gasteiger partial charge in [-0.25, -0.2) is 9.59 Å². The minimum atomic E-state index is -1.16. The summed E-state index contributed by atoms with van der Waals surface area (Å²) < 4.78 is 4.92. The van der Waals surface area contributed by atoms with Gasteiger partial charge in [-0.3, -0.25) is 0 Å². The van der Waals surface area contributed by atoms with Crippen LogP contribution >= 0.6 is 0 Å². The van der Waals surface area contributed by atoms with Crippen molar-refractivity contribution in [1.82, 2.24) is 10.2 Å². The molecular formula is C13H21N3O4. The van der Waals surface area contributed by atoms with Gasteiger partial charge in [0.15, 0.2) is 0 Å². The zero-order chi connectivity index (χ0) is 15.0. The number of nitrogens with one attached hydrogen (secondary N) is 1. The van der Waals surface area contributed by atoms with E-state index < -0.39 is 17.5 Å². The average Bonchev–Trinajstić information content (AvgIpc) is 2.88. The van der Waals surface area contributed by atoms with Crippen molar-refractivity contribution in [2.75, 3.05) is 26.8 Å². The fourth-order valence-electron chi connectivity index (χ4n) is 2.36. The molecule has 0 aliphatic heterocycles. The normalized spacial score (nSPS) is 16.4. The quantitative estimate of drug-likeness (QED) is 0.724. The van der Waals surface area contributed by atoms with Crippen molar-refractivity contribution in [2.24, 2.45) is 0 Å². The Labute approximate surface area is 118 Å². The standard InChI is InChI=1S/C13H21N3O4/c1-20-10-9-16(8-4-7-14)12(19)15-13(11(17)18)5-2-3-6-13/h2-6,8-10H2,1H3,(H,15,19)(H,17,18). The SMILES string of the molecule is COCCN(CCC#N)C(=O)NC1(C(=O)O)CCCC1. The van der Waals surface area contributed by atoms with E-state index in [0.717, 1.165) is 12.8 Å². The summed E-state index contributed by atoms with van der Waals surface area (Å²) >= 11 is 0. The van der Waals surface area contributed by atoms with E-state index in [0.29, 0.717) is 26.0 Å². The summed E-state index contributed by atoms with van der Waals surface area (Å²) in [6, 6.07) is 1.53. The van der Waals surface area contributed by atoms with Crippen molar-refractivity contribution in [3.05, 3.63) is 0 Å². The molecule has 0 spiro atoms. The predicted molar refractivity (Wildman–Crippen MR) is 71.0 cm³/mol. The first-order chi connectivity index (χ1) is 9.55. The van der Waals surface area contributed by atoms with Crippen LogP contribution in [-0.2, 0) is 9.53 Å². The summed E-state index contributed by atoms with van der Waals surface area (Å²) in [5.74, 6) is -0.990. The van der Waals surface area contributed by atoms with Gasteiger partial charge in [0.1, 0.15) is 5.54 Å². The lowest BCUT2D eigenvalue weighted by Gasteiger charge is -2.30. The van der Waals surface area contributed by atoms with Gasteiger partial charge in [0.05, 0.1) is 19.1 Å². The number of carbonyl (C=O) groups excluding carboxylic acids is 1. The zero-order valence-corrected chi connectivity index (χ0v) is 11.7. The Morgan fingerprint density at radius 1 is 1.40 bits per heavy atom. The number of carboxylic acid groups (broad SMARTS) is 1. The van der Waals surface area contributed by atoms with Crippen LogP contribution in [0.3, 0.4) is 0 Å². The number of urea groups is 1. The van der Waals surface area contributed by atoms with Gasteiger partial charge in [-0.2, -0.15) is 5.26 Å². The van der Waals surface area contributed by atoms with E-state index >= 15 is 0 Å². The first-order valence-electron chi connectivity index (χ1n) is 6.72. The lowest BCUT2D eigenvalue weighted by atomic mass is 9.98. The third-order valence-corrected chi connectivity index (χ3v) is 3.56. The number of ether oxygens (including phenoxy) is 1. The molecule has 2 N–H and O–H groups in total. The maximum absolute atomic E-state index is 12.2. The van der Waals surface area contributed by atoms with E-state index in [1.54, 1.807) is 0 Å². The molecule has 1 rings (SSSR count). The Balaban J connectivity index is 2.68. The average molecular weight is 283 g/mol. The molecule has 0 radical (unpaired) electrons. The van der Waals surface area contributed by atoms with E-state index in [2.05, 4.69) is 5.32 Å². The van der Waals surface area contributed by atoms with Gasteiger partial charge in [0.2, 0.25) is 0 Å². The van der Waals surface area contributed by atoms with Gasteiger partial charge in [0.25, 0.3) is 0 Å². The molecule has 0 aromatic carbocycles. The number of nitriles is 1. The summed E-state index contributed by atoms with van der Waals surface area (Å²) in [6.45, 7) is 0.944. The molecule has 20 heavy (non-hydrogen) atoms. The Morgan fingerprint density at radius 3 is 2.55 bits per heavy atom. The monoisotopic (exact) mass is 283 g/mol. The molecule has 0 saturated heterocycles. The number of aliphatic carboxylic acids is 1. The molecule has 0 atom stereocenters. The highest BCUT2D eigenvalue weighted by Gasteiger charge is 2.43. The number of carbonyl (C=O) groups is 2. The molecule has 1 fully saturated rings. The Morgan fingerprint density at radius 2 is 2.05 bits per heavy atom. The topological polar surface area (TPSA) is 103 Å². The molecule has 0 unspecified atom stereocenters. The minimum absolute atomic E-state index is 0.206. The van der Waals surface area contributed by atoms with Crippen LogP contribution in [0.2, 0.25) is 0 Å². The molecule has 0 heterocycles. The molecule has 0 bridgehead atoms. The fourth-order valence-corrected chi connectivity index (χ4v) is 2.36. The van der Waals surface area contributed by atoms with Gasteiger partial charge in [-0.05, 0) is 12.8 Å². The maximum Gasteiger partial charge on any atom is 0.329 e. The van der Waals surface area contributed by atoms with Crippen LogP contribution in [0.4, 0.5) is 4.79 Å². The van der Waals surface area contributed by atoms with E-state index in [-0.39, 0.29) is 13.0 Å². The van der Waals surface area contributed by atoms with Crippen molar-refractivity contribution >= 4 is 12.0 Å². The van der Waals surface area contributed by atoms with Crippen molar-refractivity contribution in [3.63, 3.8) is 0 Å². The first-order valence-corrected chi connectivity index (χ1v) is 6.72. The molecule has 1 aliphatic carbocycles. The van der Waals surface area contributed by atoms with Gasteiger partial charge in [-0.1, -0.05) is 12.8 Å². The number of amides is 2. The predicted octanol–water partition coefficient (Wildman–Crippen LogP) is 0.955. The van der Waals surface area contributed by atoms with Gasteiger partial charge >= 0.3 is 12.0 Å². The maximum atomic E-state index is 12.2. The third kappa shape index (κ3) is 4.10. The Hall–Kier alpha value is -1.81. The van der Waals surface area contributed by atoms with Crippen LogP contribution in [0.15, 0.2) is 0 Å². The molecule has 1 aliphatic rings. The Kier molecular flexibility index (Phi) is 6.25. The molecule has 112 valence electrons. The third-order valence-electron chi connectivity index (χ3n) is 3.56. The van der Waals surface area contributed by atoms with Crippen LogP contribution in [0.1, 0.15) is 32.1 Å². The van der Waals surface area contributed by atoms with Crippen LogP contribution in [0.5, 0.6) is 0 Å². The molecule has 0 aromatic heterocycles. The number of hydrogen-bond acceptors (Lipinski definition) is 4. The highest BCUT2D eigenvalue weighted by Crippen LogP contribution is 2.30. The molecule has 7 heteroatoms. The lowest BCUT2D eigenvalue weighted by molar-refractivity contribution is -0.144. The van der Waals surface area contributed by atoms with Crippen molar-refractivity contribution in [2.45, 2.75) is 37.6 Å². The molecule has 1 saturated carbocycles. The van der Waals surface area contributed by atoms with Gasteiger partial charge in [-0.15, -0.1) is 0 Å². The second kappa shape index (κ2) is 7.70.